The topological polar surface area (TPSA) is 40.6 Å². The first kappa shape index (κ1) is 24.9. The minimum Gasteiger partial charge on any atom is -0.299 e. The normalized spacial score (nSPS) is 43.7. The Bertz CT molecular complexity index is 663. The molecule has 4 heterocycles. The molecule has 4 heteroatoms. The first-order valence-corrected chi connectivity index (χ1v) is 15.1. The molecule has 1 aliphatic carbocycles. The molecule has 0 N–H and O–H groups in total. The lowest BCUT2D eigenvalue weighted by Gasteiger charge is -2.50. The van der Waals surface area contributed by atoms with Crippen LogP contribution in [0.25, 0.3) is 0 Å². The van der Waals surface area contributed by atoms with Crippen molar-refractivity contribution in [3.05, 3.63) is 0 Å². The first-order valence-electron chi connectivity index (χ1n) is 15.1. The zero-order chi connectivity index (χ0) is 23.7. The second kappa shape index (κ2) is 11.1. The minimum atomic E-state index is 0.224. The van der Waals surface area contributed by atoms with Crippen LogP contribution in [0.2, 0.25) is 0 Å². The van der Waals surface area contributed by atoms with Crippen LogP contribution in [-0.2, 0) is 9.59 Å². The van der Waals surface area contributed by atoms with Crippen molar-refractivity contribution in [2.75, 3.05) is 26.2 Å². The number of hydrogen-bond acceptors (Lipinski definition) is 4. The summed E-state index contributed by atoms with van der Waals surface area (Å²) in [6.07, 6.45) is 17.5. The highest BCUT2D eigenvalue weighted by Gasteiger charge is 2.46. The number of rotatable bonds is 0. The fraction of sp³-hybridized carbons (Fsp3) is 0.933. The van der Waals surface area contributed by atoms with Crippen molar-refractivity contribution in [3.8, 4) is 0 Å². The van der Waals surface area contributed by atoms with Gasteiger partial charge in [0.15, 0.2) is 0 Å². The van der Waals surface area contributed by atoms with E-state index in [-0.39, 0.29) is 23.7 Å². The Kier molecular flexibility index (Phi) is 8.15. The molecule has 5 aliphatic rings. The van der Waals surface area contributed by atoms with E-state index in [1.165, 1.54) is 90.1 Å². The van der Waals surface area contributed by atoms with Crippen LogP contribution >= 0.6 is 0 Å². The molecular weight excluding hydrogens is 420 g/mol. The van der Waals surface area contributed by atoms with Crippen LogP contribution in [-0.4, -0.2) is 59.6 Å². The summed E-state index contributed by atoms with van der Waals surface area (Å²) in [5.41, 5.74) is 0. The van der Waals surface area contributed by atoms with Crippen LogP contribution in [0, 0.1) is 35.5 Å². The molecule has 8 atom stereocenters. The number of nitrogens with zero attached hydrogens (tertiary/aromatic N) is 2. The summed E-state index contributed by atoms with van der Waals surface area (Å²) >= 11 is 0. The summed E-state index contributed by atoms with van der Waals surface area (Å²) in [5, 5.41) is 0. The number of hydrogen-bond donors (Lipinski definition) is 0. The zero-order valence-corrected chi connectivity index (χ0v) is 22.1. The molecule has 0 spiro atoms. The van der Waals surface area contributed by atoms with Gasteiger partial charge in [0.05, 0.1) is 0 Å². The third kappa shape index (κ3) is 5.05. The Balaban J connectivity index is 1.31. The Morgan fingerprint density at radius 1 is 0.529 bits per heavy atom. The quantitative estimate of drug-likeness (QED) is 0.453. The van der Waals surface area contributed by atoms with E-state index in [0.29, 0.717) is 35.5 Å². The fourth-order valence-electron chi connectivity index (χ4n) is 9.04. The number of carbonyl (C=O) groups is 2. The van der Waals surface area contributed by atoms with Crippen LogP contribution in [0.5, 0.6) is 0 Å². The van der Waals surface area contributed by atoms with Gasteiger partial charge in [-0.2, -0.15) is 0 Å². The predicted molar refractivity (Wildman–Crippen MR) is 138 cm³/mol. The van der Waals surface area contributed by atoms with Crippen molar-refractivity contribution < 1.29 is 9.59 Å². The maximum atomic E-state index is 13.3. The Labute approximate surface area is 208 Å². The zero-order valence-electron chi connectivity index (χ0n) is 22.1. The third-order valence-electron chi connectivity index (χ3n) is 10.6. The summed E-state index contributed by atoms with van der Waals surface area (Å²) in [5.74, 6) is 3.59. The number of Topliss-reactive ketones (excluding diaryl/α,β-unsaturated/α-hetero) is 2. The van der Waals surface area contributed by atoms with E-state index in [4.69, 9.17) is 0 Å². The van der Waals surface area contributed by atoms with Gasteiger partial charge in [0.25, 0.3) is 0 Å². The summed E-state index contributed by atoms with van der Waals surface area (Å²) in [6.45, 7) is 8.77. The van der Waals surface area contributed by atoms with E-state index in [9.17, 15) is 9.59 Å². The molecule has 4 nitrogen and oxygen atoms in total. The monoisotopic (exact) mass is 470 g/mol. The molecule has 0 bridgehead atoms. The van der Waals surface area contributed by atoms with E-state index in [0.717, 1.165) is 25.9 Å². The highest BCUT2D eigenvalue weighted by molar-refractivity contribution is 5.85. The molecule has 0 aromatic rings. The summed E-state index contributed by atoms with van der Waals surface area (Å²) < 4.78 is 0. The predicted octanol–water partition coefficient (Wildman–Crippen LogP) is 5.73. The molecule has 4 aliphatic heterocycles. The smallest absolute Gasteiger partial charge is 0.141 e. The van der Waals surface area contributed by atoms with Gasteiger partial charge in [-0.15, -0.1) is 0 Å². The summed E-state index contributed by atoms with van der Waals surface area (Å²) in [6, 6.07) is 1.03. The maximum Gasteiger partial charge on any atom is 0.141 e. The molecule has 0 amide bonds. The molecule has 34 heavy (non-hydrogen) atoms. The van der Waals surface area contributed by atoms with E-state index in [2.05, 4.69) is 23.6 Å². The van der Waals surface area contributed by atoms with E-state index >= 15 is 0 Å². The van der Waals surface area contributed by atoms with Gasteiger partial charge in [-0.05, 0) is 76.3 Å². The molecule has 0 aromatic carbocycles. The van der Waals surface area contributed by atoms with Gasteiger partial charge >= 0.3 is 0 Å². The molecule has 0 aromatic heterocycles. The van der Waals surface area contributed by atoms with Gasteiger partial charge in [-0.25, -0.2) is 0 Å². The maximum absolute atomic E-state index is 13.3. The van der Waals surface area contributed by atoms with E-state index < -0.39 is 0 Å². The van der Waals surface area contributed by atoms with Gasteiger partial charge in [0, 0.05) is 48.8 Å². The highest BCUT2D eigenvalue weighted by atomic mass is 16.1. The average Bonchev–Trinajstić information content (AvgIpc) is 2.82. The second-order valence-electron chi connectivity index (χ2n) is 12.9. The van der Waals surface area contributed by atoms with Crippen LogP contribution in [0.15, 0.2) is 0 Å². The second-order valence-corrected chi connectivity index (χ2v) is 12.9. The lowest BCUT2D eigenvalue weighted by Crippen LogP contribution is -2.58. The molecule has 1 saturated carbocycles. The molecule has 4 saturated heterocycles. The summed E-state index contributed by atoms with van der Waals surface area (Å²) in [4.78, 5) is 32.1. The van der Waals surface area contributed by atoms with Crippen molar-refractivity contribution in [2.24, 2.45) is 35.5 Å². The van der Waals surface area contributed by atoms with E-state index in [1.54, 1.807) is 0 Å². The van der Waals surface area contributed by atoms with Gasteiger partial charge < -0.3 is 0 Å². The highest BCUT2D eigenvalue weighted by Crippen LogP contribution is 2.42. The van der Waals surface area contributed by atoms with Crippen molar-refractivity contribution in [2.45, 2.75) is 116 Å². The van der Waals surface area contributed by atoms with E-state index in [1.807, 2.05) is 0 Å². The molecular formula is C30H50N2O2. The average molecular weight is 471 g/mol. The first-order chi connectivity index (χ1) is 16.5. The van der Waals surface area contributed by atoms with Crippen LogP contribution < -0.4 is 0 Å². The number of carbonyl (C=O) groups excluding carboxylic acids is 2. The third-order valence-corrected chi connectivity index (χ3v) is 10.6. The van der Waals surface area contributed by atoms with Crippen LogP contribution in [0.1, 0.15) is 104 Å². The number of ketones is 2. The van der Waals surface area contributed by atoms with Gasteiger partial charge in [-0.3, -0.25) is 19.4 Å². The fourth-order valence-corrected chi connectivity index (χ4v) is 9.04. The SMILES string of the molecule is C[C@@H]1CN2CCC[C@@H]3CCCCC[C@H]4C(=O)[C@@H](C)CN5CCC[C@H](CCCCC[C@@H](C1=O)[C@H]32)[C@H]45. The van der Waals surface area contributed by atoms with Crippen LogP contribution in [0.4, 0.5) is 0 Å². The molecule has 0 unspecified atom stereocenters. The van der Waals surface area contributed by atoms with Gasteiger partial charge in [0.1, 0.15) is 11.6 Å². The van der Waals surface area contributed by atoms with Crippen LogP contribution in [0.3, 0.4) is 0 Å². The van der Waals surface area contributed by atoms with Gasteiger partial charge in [-0.1, -0.05) is 52.4 Å². The van der Waals surface area contributed by atoms with Crippen molar-refractivity contribution >= 4 is 11.6 Å². The lowest BCUT2D eigenvalue weighted by molar-refractivity contribution is -0.138. The standard InChI is InChI=1S/C30H50N2O2/c1-21-19-31-17-9-13-23-11-6-4-8-16-26-28-24(14-10-18-32(28)20-22(2)30(26)34)12-5-3-7-15-25(27(23)31)29(21)33/h21-28H,3-20H2,1-2H3/t21-,22+,23-,24-,25+,26+,27+,28-/m0/s1. The molecule has 5 fully saturated rings. The number of piperidine rings is 4. The lowest BCUT2D eigenvalue weighted by atomic mass is 9.69. The Morgan fingerprint density at radius 2 is 0.912 bits per heavy atom. The van der Waals surface area contributed by atoms with Gasteiger partial charge in [0.2, 0.25) is 0 Å². The minimum absolute atomic E-state index is 0.224. The Hall–Kier alpha value is -0.740. The van der Waals surface area contributed by atoms with Crippen molar-refractivity contribution in [1.29, 1.82) is 0 Å². The molecule has 5 rings (SSSR count). The van der Waals surface area contributed by atoms with Crippen molar-refractivity contribution in [3.63, 3.8) is 0 Å². The molecule has 192 valence electrons. The summed E-state index contributed by atoms with van der Waals surface area (Å²) in [7, 11) is 0. The van der Waals surface area contributed by atoms with Crippen molar-refractivity contribution in [1.82, 2.24) is 9.80 Å². The molecule has 0 radical (unpaired) electrons. The Morgan fingerprint density at radius 3 is 1.35 bits per heavy atom. The largest absolute Gasteiger partial charge is 0.299 e.